The van der Waals surface area contributed by atoms with Crippen molar-refractivity contribution in [3.8, 4) is 5.75 Å². The topological polar surface area (TPSA) is 51.3 Å². The first-order valence-corrected chi connectivity index (χ1v) is 6.36. The molecule has 0 saturated heterocycles. The summed E-state index contributed by atoms with van der Waals surface area (Å²) in [5.41, 5.74) is 2.17. The molecule has 0 saturated carbocycles. The van der Waals surface area contributed by atoms with Crippen molar-refractivity contribution in [1.29, 1.82) is 0 Å². The fourth-order valence-corrected chi connectivity index (χ4v) is 2.26. The lowest BCUT2D eigenvalue weighted by Crippen LogP contribution is -2.06. The van der Waals surface area contributed by atoms with Crippen molar-refractivity contribution in [2.75, 3.05) is 13.7 Å². The first-order chi connectivity index (χ1) is 9.08. The summed E-state index contributed by atoms with van der Waals surface area (Å²) in [5, 5.41) is 0.789. The Hall–Kier alpha value is -1.88. The molecule has 0 spiro atoms. The number of aryl methyl sites for hydroxylation is 1. The van der Waals surface area contributed by atoms with E-state index < -0.39 is 5.97 Å². The number of hydrogen-bond donors (Lipinski definition) is 1. The Bertz CT molecular complexity index is 691. The van der Waals surface area contributed by atoms with E-state index in [-0.39, 0.29) is 0 Å². The third-order valence-corrected chi connectivity index (χ3v) is 3.25. The molecule has 1 aromatic carbocycles. The Kier molecular flexibility index (Phi) is 3.85. The maximum absolute atomic E-state index is 11.8. The highest BCUT2D eigenvalue weighted by Gasteiger charge is 2.13. The molecule has 0 fully saturated rings. The SMILES string of the molecule is CCOC(=O)c1c[nH]c2c(OC)cc(C)cc2c1=S. The number of hydrogen-bond acceptors (Lipinski definition) is 4. The molecule has 4 nitrogen and oxygen atoms in total. The number of ether oxygens (including phenoxy) is 2. The van der Waals surface area contributed by atoms with Gasteiger partial charge in [0.2, 0.25) is 0 Å². The van der Waals surface area contributed by atoms with E-state index in [2.05, 4.69) is 4.98 Å². The van der Waals surface area contributed by atoms with Crippen molar-refractivity contribution in [1.82, 2.24) is 4.98 Å². The van der Waals surface area contributed by atoms with Crippen LogP contribution >= 0.6 is 12.2 Å². The number of methoxy groups -OCH3 is 1. The minimum atomic E-state index is -0.411. The largest absolute Gasteiger partial charge is 0.495 e. The van der Waals surface area contributed by atoms with Gasteiger partial charge in [0.15, 0.2) is 0 Å². The van der Waals surface area contributed by atoms with Gasteiger partial charge in [0.05, 0.1) is 29.3 Å². The summed E-state index contributed by atoms with van der Waals surface area (Å²) in [4.78, 5) is 14.9. The molecule has 0 aliphatic rings. The number of H-pyrrole nitrogens is 1. The van der Waals surface area contributed by atoms with E-state index in [1.807, 2.05) is 19.1 Å². The van der Waals surface area contributed by atoms with Crippen LogP contribution in [0.5, 0.6) is 5.75 Å². The number of rotatable bonds is 3. The number of pyridine rings is 1. The van der Waals surface area contributed by atoms with Gasteiger partial charge in [-0.2, -0.15) is 0 Å². The summed E-state index contributed by atoms with van der Waals surface area (Å²) in [6.07, 6.45) is 1.57. The third kappa shape index (κ3) is 2.46. The van der Waals surface area contributed by atoms with Gasteiger partial charge < -0.3 is 14.5 Å². The smallest absolute Gasteiger partial charge is 0.341 e. The molecule has 1 aromatic heterocycles. The van der Waals surface area contributed by atoms with E-state index in [1.165, 1.54) is 0 Å². The number of nitrogens with one attached hydrogen (secondary N) is 1. The molecule has 19 heavy (non-hydrogen) atoms. The van der Waals surface area contributed by atoms with Crippen molar-refractivity contribution < 1.29 is 14.3 Å². The van der Waals surface area contributed by atoms with E-state index in [1.54, 1.807) is 20.2 Å². The van der Waals surface area contributed by atoms with Crippen LogP contribution in [0.1, 0.15) is 22.8 Å². The molecule has 1 heterocycles. The molecule has 2 rings (SSSR count). The van der Waals surface area contributed by atoms with Crippen LogP contribution in [0.2, 0.25) is 0 Å². The highest BCUT2D eigenvalue weighted by molar-refractivity contribution is 7.71. The normalized spacial score (nSPS) is 10.5. The van der Waals surface area contributed by atoms with Crippen molar-refractivity contribution in [3.63, 3.8) is 0 Å². The van der Waals surface area contributed by atoms with Gasteiger partial charge in [-0.3, -0.25) is 0 Å². The second-order valence-corrected chi connectivity index (χ2v) is 4.55. The van der Waals surface area contributed by atoms with Crippen LogP contribution in [-0.4, -0.2) is 24.7 Å². The zero-order chi connectivity index (χ0) is 14.0. The fraction of sp³-hybridized carbons (Fsp3) is 0.286. The summed E-state index contributed by atoms with van der Waals surface area (Å²) in [6, 6.07) is 3.84. The molecule has 100 valence electrons. The van der Waals surface area contributed by atoms with Crippen LogP contribution in [0.25, 0.3) is 10.9 Å². The van der Waals surface area contributed by atoms with E-state index in [4.69, 9.17) is 21.7 Å². The van der Waals surface area contributed by atoms with E-state index in [0.29, 0.717) is 22.4 Å². The molecule has 0 aliphatic heterocycles. The Morgan fingerprint density at radius 1 is 1.42 bits per heavy atom. The molecule has 2 aromatic rings. The molecule has 0 unspecified atom stereocenters. The minimum absolute atomic E-state index is 0.322. The standard InChI is InChI=1S/C14H15NO3S/c1-4-18-14(16)10-7-15-12-9(13(10)19)5-8(2)6-11(12)17-3/h5-7H,4H2,1-3H3,(H,15,19). The first kappa shape index (κ1) is 13.5. The van der Waals surface area contributed by atoms with Gasteiger partial charge in [0.25, 0.3) is 0 Å². The van der Waals surface area contributed by atoms with Crippen LogP contribution in [0.15, 0.2) is 18.3 Å². The van der Waals surface area contributed by atoms with Crippen molar-refractivity contribution in [2.24, 2.45) is 0 Å². The Balaban J connectivity index is 2.72. The summed E-state index contributed by atoms with van der Waals surface area (Å²) < 4.78 is 10.8. The lowest BCUT2D eigenvalue weighted by molar-refractivity contribution is 0.0525. The predicted octanol–water partition coefficient (Wildman–Crippen LogP) is 3.39. The third-order valence-electron chi connectivity index (χ3n) is 2.81. The maximum Gasteiger partial charge on any atom is 0.341 e. The average molecular weight is 277 g/mol. The van der Waals surface area contributed by atoms with Crippen molar-refractivity contribution >= 4 is 29.1 Å². The zero-order valence-electron chi connectivity index (χ0n) is 11.1. The van der Waals surface area contributed by atoms with Gasteiger partial charge in [0, 0.05) is 11.6 Å². The fourth-order valence-electron chi connectivity index (χ4n) is 1.96. The van der Waals surface area contributed by atoms with Crippen molar-refractivity contribution in [3.05, 3.63) is 34.0 Å². The molecule has 0 radical (unpaired) electrons. The second-order valence-electron chi connectivity index (χ2n) is 4.14. The monoisotopic (exact) mass is 277 g/mol. The number of carbonyl (C=O) groups is 1. The van der Waals surface area contributed by atoms with Crippen LogP contribution in [0.3, 0.4) is 0 Å². The highest BCUT2D eigenvalue weighted by atomic mass is 32.1. The van der Waals surface area contributed by atoms with Gasteiger partial charge >= 0.3 is 5.97 Å². The minimum Gasteiger partial charge on any atom is -0.495 e. The summed E-state index contributed by atoms with van der Waals surface area (Å²) in [7, 11) is 1.60. The van der Waals surface area contributed by atoms with Crippen molar-refractivity contribution in [2.45, 2.75) is 13.8 Å². The summed E-state index contributed by atoms with van der Waals surface area (Å²) >= 11 is 5.37. The summed E-state index contributed by atoms with van der Waals surface area (Å²) in [5.74, 6) is 0.294. The Morgan fingerprint density at radius 3 is 2.79 bits per heavy atom. The van der Waals surface area contributed by atoms with Gasteiger partial charge in [0.1, 0.15) is 5.75 Å². The molecular formula is C14H15NO3S. The quantitative estimate of drug-likeness (QED) is 0.690. The maximum atomic E-state index is 11.8. The number of aromatic amines is 1. The number of fused-ring (bicyclic) bond motifs is 1. The van der Waals surface area contributed by atoms with Crippen LogP contribution < -0.4 is 4.74 Å². The molecule has 1 N–H and O–H groups in total. The Labute approximate surface area is 116 Å². The zero-order valence-corrected chi connectivity index (χ0v) is 11.9. The molecule has 0 amide bonds. The number of benzene rings is 1. The van der Waals surface area contributed by atoms with E-state index in [0.717, 1.165) is 16.5 Å². The van der Waals surface area contributed by atoms with E-state index >= 15 is 0 Å². The van der Waals surface area contributed by atoms with Gasteiger partial charge in [-0.15, -0.1) is 0 Å². The number of carbonyl (C=O) groups excluding carboxylic acids is 1. The number of aromatic nitrogens is 1. The highest BCUT2D eigenvalue weighted by Crippen LogP contribution is 2.27. The van der Waals surface area contributed by atoms with E-state index in [9.17, 15) is 4.79 Å². The molecular weight excluding hydrogens is 262 g/mol. The lowest BCUT2D eigenvalue weighted by atomic mass is 10.1. The van der Waals surface area contributed by atoms with Gasteiger partial charge in [-0.1, -0.05) is 12.2 Å². The van der Waals surface area contributed by atoms with Gasteiger partial charge in [-0.05, 0) is 31.5 Å². The summed E-state index contributed by atoms with van der Waals surface area (Å²) in [6.45, 7) is 4.04. The van der Waals surface area contributed by atoms with Crippen LogP contribution in [0.4, 0.5) is 0 Å². The molecule has 0 bridgehead atoms. The van der Waals surface area contributed by atoms with Crippen LogP contribution in [0, 0.1) is 11.4 Å². The molecule has 5 heteroatoms. The molecule has 0 atom stereocenters. The first-order valence-electron chi connectivity index (χ1n) is 5.95. The Morgan fingerprint density at radius 2 is 2.16 bits per heavy atom. The van der Waals surface area contributed by atoms with Crippen LogP contribution in [-0.2, 0) is 4.74 Å². The predicted molar refractivity (Wildman–Crippen MR) is 76.4 cm³/mol. The second kappa shape index (κ2) is 5.40. The lowest BCUT2D eigenvalue weighted by Gasteiger charge is -2.09. The average Bonchev–Trinajstić information content (AvgIpc) is 2.39. The number of esters is 1. The van der Waals surface area contributed by atoms with Gasteiger partial charge in [-0.25, -0.2) is 4.79 Å². The molecule has 0 aliphatic carbocycles.